The third-order valence-corrected chi connectivity index (χ3v) is 5.96. The van der Waals surface area contributed by atoms with Gasteiger partial charge in [-0.15, -0.1) is 11.3 Å². The number of hydrogen-bond donors (Lipinski definition) is 0. The molecule has 5 heteroatoms. The number of benzene rings is 2. The van der Waals surface area contributed by atoms with E-state index in [0.717, 1.165) is 20.1 Å². The number of thioether (sulfide) groups is 1. The number of carbonyl (C=O) groups excluding carboxylic acids is 1. The molecule has 1 atom stereocenters. The van der Waals surface area contributed by atoms with Crippen LogP contribution in [0.2, 0.25) is 0 Å². The number of carbonyl (C=O) groups is 1. The van der Waals surface area contributed by atoms with Gasteiger partial charge in [-0.2, -0.15) is 0 Å². The summed E-state index contributed by atoms with van der Waals surface area (Å²) >= 11 is 3.05. The van der Waals surface area contributed by atoms with Crippen LogP contribution in [0.1, 0.15) is 19.4 Å². The predicted octanol–water partition coefficient (Wildman–Crippen LogP) is 4.87. The van der Waals surface area contributed by atoms with Gasteiger partial charge in [-0.1, -0.05) is 54.2 Å². The number of esters is 1. The third kappa shape index (κ3) is 3.26. The second kappa shape index (κ2) is 6.72. The number of hydrogen-bond acceptors (Lipinski definition) is 5. The fourth-order valence-corrected chi connectivity index (χ4v) is 4.84. The minimum Gasteiger partial charge on any atom is -0.465 e. The summed E-state index contributed by atoms with van der Waals surface area (Å²) in [5.74, 6) is -0.240. The molecule has 3 rings (SSSR count). The highest BCUT2D eigenvalue weighted by Gasteiger charge is 2.39. The lowest BCUT2D eigenvalue weighted by Crippen LogP contribution is -2.31. The molecule has 0 aliphatic rings. The van der Waals surface area contributed by atoms with E-state index in [2.05, 4.69) is 4.98 Å². The zero-order valence-corrected chi connectivity index (χ0v) is 14.6. The average molecular weight is 343 g/mol. The molecule has 23 heavy (non-hydrogen) atoms. The molecule has 0 N–H and O–H groups in total. The van der Waals surface area contributed by atoms with Crippen molar-refractivity contribution in [2.45, 2.75) is 22.9 Å². The first kappa shape index (κ1) is 16.0. The van der Waals surface area contributed by atoms with Crippen molar-refractivity contribution >= 4 is 39.3 Å². The van der Waals surface area contributed by atoms with E-state index in [-0.39, 0.29) is 5.97 Å². The van der Waals surface area contributed by atoms with Gasteiger partial charge in [0.15, 0.2) is 4.34 Å². The van der Waals surface area contributed by atoms with Gasteiger partial charge < -0.3 is 4.74 Å². The van der Waals surface area contributed by atoms with Gasteiger partial charge in [0.05, 0.1) is 16.8 Å². The van der Waals surface area contributed by atoms with Gasteiger partial charge in [0.25, 0.3) is 0 Å². The SMILES string of the molecule is CCOC(=O)[C@](C)(Sc1nc2ccccc2s1)c1ccccc1. The van der Waals surface area contributed by atoms with E-state index in [9.17, 15) is 4.79 Å². The van der Waals surface area contributed by atoms with Crippen LogP contribution in [-0.4, -0.2) is 17.6 Å². The lowest BCUT2D eigenvalue weighted by Gasteiger charge is -2.26. The molecule has 118 valence electrons. The number of aromatic nitrogens is 1. The number of para-hydroxylation sites is 1. The zero-order chi connectivity index (χ0) is 16.3. The summed E-state index contributed by atoms with van der Waals surface area (Å²) in [6.07, 6.45) is 0. The Balaban J connectivity index is 2.00. The van der Waals surface area contributed by atoms with Crippen LogP contribution in [-0.2, 0) is 14.3 Å². The molecule has 0 radical (unpaired) electrons. The van der Waals surface area contributed by atoms with Gasteiger partial charge in [0.2, 0.25) is 0 Å². The maximum absolute atomic E-state index is 12.6. The summed E-state index contributed by atoms with van der Waals surface area (Å²) in [6.45, 7) is 4.09. The van der Waals surface area contributed by atoms with Gasteiger partial charge in [-0.05, 0) is 31.5 Å². The minimum absolute atomic E-state index is 0.240. The minimum atomic E-state index is -0.814. The highest BCUT2D eigenvalue weighted by atomic mass is 32.2. The lowest BCUT2D eigenvalue weighted by atomic mass is 10.0. The van der Waals surface area contributed by atoms with Crippen molar-refractivity contribution in [1.29, 1.82) is 0 Å². The van der Waals surface area contributed by atoms with Crippen LogP contribution in [0.15, 0.2) is 58.9 Å². The van der Waals surface area contributed by atoms with Crippen molar-refractivity contribution in [3.05, 3.63) is 60.2 Å². The van der Waals surface area contributed by atoms with Crippen molar-refractivity contribution < 1.29 is 9.53 Å². The number of thiazole rings is 1. The highest BCUT2D eigenvalue weighted by Crippen LogP contribution is 2.44. The number of nitrogens with zero attached hydrogens (tertiary/aromatic N) is 1. The van der Waals surface area contributed by atoms with Gasteiger partial charge in [-0.25, -0.2) is 4.98 Å². The first-order valence-corrected chi connectivity index (χ1v) is 9.04. The van der Waals surface area contributed by atoms with E-state index < -0.39 is 4.75 Å². The fraction of sp³-hybridized carbons (Fsp3) is 0.222. The van der Waals surface area contributed by atoms with Crippen LogP contribution in [0.25, 0.3) is 10.2 Å². The second-order valence-electron chi connectivity index (χ2n) is 5.17. The molecular formula is C18H17NO2S2. The molecular weight excluding hydrogens is 326 g/mol. The van der Waals surface area contributed by atoms with Crippen molar-refractivity contribution in [2.75, 3.05) is 6.61 Å². The van der Waals surface area contributed by atoms with E-state index in [1.807, 2.05) is 68.4 Å². The van der Waals surface area contributed by atoms with E-state index in [1.165, 1.54) is 11.8 Å². The van der Waals surface area contributed by atoms with Crippen LogP contribution in [0.3, 0.4) is 0 Å². The van der Waals surface area contributed by atoms with Gasteiger partial charge in [0.1, 0.15) is 4.75 Å². The highest BCUT2D eigenvalue weighted by molar-refractivity contribution is 8.02. The number of fused-ring (bicyclic) bond motifs is 1. The first-order valence-electron chi connectivity index (χ1n) is 7.41. The molecule has 0 fully saturated rings. The molecule has 0 saturated carbocycles. The molecule has 0 unspecified atom stereocenters. The monoisotopic (exact) mass is 343 g/mol. The molecule has 0 bridgehead atoms. The largest absolute Gasteiger partial charge is 0.465 e. The van der Waals surface area contributed by atoms with Crippen molar-refractivity contribution in [3.8, 4) is 0 Å². The molecule has 0 spiro atoms. The molecule has 2 aromatic carbocycles. The Morgan fingerprint density at radius 1 is 1.17 bits per heavy atom. The summed E-state index contributed by atoms with van der Waals surface area (Å²) in [4.78, 5) is 17.3. The first-order chi connectivity index (χ1) is 11.1. The second-order valence-corrected chi connectivity index (χ2v) is 7.87. The summed E-state index contributed by atoms with van der Waals surface area (Å²) in [5.41, 5.74) is 1.88. The zero-order valence-electron chi connectivity index (χ0n) is 13.0. The molecule has 0 aliphatic carbocycles. The van der Waals surface area contributed by atoms with Crippen molar-refractivity contribution in [3.63, 3.8) is 0 Å². The maximum Gasteiger partial charge on any atom is 0.326 e. The number of ether oxygens (including phenoxy) is 1. The molecule has 3 aromatic rings. The van der Waals surface area contributed by atoms with Crippen LogP contribution >= 0.6 is 23.1 Å². The molecule has 3 nitrogen and oxygen atoms in total. The Morgan fingerprint density at radius 3 is 2.57 bits per heavy atom. The van der Waals surface area contributed by atoms with Gasteiger partial charge >= 0.3 is 5.97 Å². The quantitative estimate of drug-likeness (QED) is 0.489. The van der Waals surface area contributed by atoms with Gasteiger partial charge in [0, 0.05) is 0 Å². The standard InChI is InChI=1S/C18H17NO2S2/c1-3-21-16(20)18(2,13-9-5-4-6-10-13)23-17-19-14-11-7-8-12-15(14)22-17/h4-12H,3H2,1-2H3/t18-/m1/s1. The summed E-state index contributed by atoms with van der Waals surface area (Å²) in [6, 6.07) is 17.7. The number of rotatable bonds is 5. The van der Waals surface area contributed by atoms with Crippen LogP contribution in [0, 0.1) is 0 Å². The molecule has 1 aromatic heterocycles. The lowest BCUT2D eigenvalue weighted by molar-refractivity contribution is -0.145. The van der Waals surface area contributed by atoms with Crippen molar-refractivity contribution in [1.82, 2.24) is 4.98 Å². The maximum atomic E-state index is 12.6. The van der Waals surface area contributed by atoms with E-state index in [4.69, 9.17) is 4.74 Å². The van der Waals surface area contributed by atoms with Crippen LogP contribution < -0.4 is 0 Å². The molecule has 1 heterocycles. The molecule has 0 amide bonds. The Bertz CT molecular complexity index is 783. The normalized spacial score (nSPS) is 13.7. The van der Waals surface area contributed by atoms with Gasteiger partial charge in [-0.3, -0.25) is 4.79 Å². The Labute approximate surface area is 143 Å². The van der Waals surface area contributed by atoms with E-state index in [0.29, 0.717) is 6.61 Å². The smallest absolute Gasteiger partial charge is 0.326 e. The van der Waals surface area contributed by atoms with E-state index in [1.54, 1.807) is 11.3 Å². The average Bonchev–Trinajstić information content (AvgIpc) is 2.97. The van der Waals surface area contributed by atoms with Crippen LogP contribution in [0.5, 0.6) is 0 Å². The Kier molecular flexibility index (Phi) is 4.68. The molecule has 0 aliphatic heterocycles. The summed E-state index contributed by atoms with van der Waals surface area (Å²) < 4.78 is 6.50. The Morgan fingerprint density at radius 2 is 1.87 bits per heavy atom. The van der Waals surface area contributed by atoms with Crippen molar-refractivity contribution in [2.24, 2.45) is 0 Å². The molecule has 0 saturated heterocycles. The fourth-order valence-electron chi connectivity index (χ4n) is 2.31. The predicted molar refractivity (Wildman–Crippen MR) is 95.9 cm³/mol. The summed E-state index contributed by atoms with van der Waals surface area (Å²) in [5, 5.41) is 0. The summed E-state index contributed by atoms with van der Waals surface area (Å²) in [7, 11) is 0. The third-order valence-electron chi connectivity index (χ3n) is 3.56. The van der Waals surface area contributed by atoms with Crippen LogP contribution in [0.4, 0.5) is 0 Å². The topological polar surface area (TPSA) is 39.2 Å². The Hall–Kier alpha value is -1.85. The van der Waals surface area contributed by atoms with E-state index >= 15 is 0 Å².